The summed E-state index contributed by atoms with van der Waals surface area (Å²) >= 11 is 0. The van der Waals surface area contributed by atoms with Crippen LogP contribution in [0.2, 0.25) is 0 Å². The predicted molar refractivity (Wildman–Crippen MR) is 156 cm³/mol. The van der Waals surface area contributed by atoms with Crippen molar-refractivity contribution in [1.29, 1.82) is 0 Å². The quantitative estimate of drug-likeness (QED) is 0.349. The molecule has 3 N–H and O–H groups in total. The molecule has 2 fully saturated rings. The van der Waals surface area contributed by atoms with Gasteiger partial charge in [0.25, 0.3) is 0 Å². The highest BCUT2D eigenvalue weighted by Gasteiger charge is 2.28. The zero-order valence-corrected chi connectivity index (χ0v) is 23.1. The molecular weight excluding hydrogens is 504 g/mol. The third-order valence-electron chi connectivity index (χ3n) is 8.63. The van der Waals surface area contributed by atoms with E-state index in [1.807, 2.05) is 6.07 Å². The molecule has 3 aliphatic heterocycles. The number of carbonyl (C=O) groups is 1. The molecule has 2 aromatic heterocycles. The molecule has 2 saturated heterocycles. The molecule has 0 bridgehead atoms. The van der Waals surface area contributed by atoms with E-state index in [1.54, 1.807) is 6.20 Å². The van der Waals surface area contributed by atoms with Crippen molar-refractivity contribution in [2.24, 2.45) is 5.92 Å². The number of ether oxygens (including phenoxy) is 1. The van der Waals surface area contributed by atoms with Crippen LogP contribution in [-0.4, -0.2) is 83.6 Å². The van der Waals surface area contributed by atoms with E-state index in [0.29, 0.717) is 19.1 Å². The van der Waals surface area contributed by atoms with Crippen molar-refractivity contribution in [3.8, 4) is 11.3 Å². The number of morpholine rings is 1. The molecule has 1 aromatic carbocycles. The lowest BCUT2D eigenvalue weighted by atomic mass is 9.92. The third-order valence-corrected chi connectivity index (χ3v) is 8.63. The fourth-order valence-corrected chi connectivity index (χ4v) is 6.43. The Morgan fingerprint density at radius 3 is 2.88 bits per heavy atom. The Kier molecular flexibility index (Phi) is 8.29. The second-order valence-corrected chi connectivity index (χ2v) is 11.5. The van der Waals surface area contributed by atoms with E-state index in [1.165, 1.54) is 17.7 Å². The summed E-state index contributed by atoms with van der Waals surface area (Å²) in [4.78, 5) is 21.7. The third kappa shape index (κ3) is 6.47. The van der Waals surface area contributed by atoms with Crippen molar-refractivity contribution in [3.05, 3.63) is 59.4 Å². The van der Waals surface area contributed by atoms with Crippen LogP contribution in [0.25, 0.3) is 11.3 Å². The summed E-state index contributed by atoms with van der Waals surface area (Å²) in [6.07, 6.45) is 7.41. The number of nitrogens with zero attached hydrogens (tertiary/aromatic N) is 4. The molecule has 3 aliphatic rings. The number of anilines is 2. The maximum atomic E-state index is 12.0. The van der Waals surface area contributed by atoms with E-state index in [0.717, 1.165) is 93.3 Å². The number of aliphatic carboxylic acids is 1. The number of H-pyrrole nitrogens is 1. The molecule has 0 aliphatic carbocycles. The molecule has 0 radical (unpaired) electrons. The van der Waals surface area contributed by atoms with Gasteiger partial charge in [0.15, 0.2) is 0 Å². The van der Waals surface area contributed by atoms with Crippen molar-refractivity contribution in [3.63, 3.8) is 0 Å². The van der Waals surface area contributed by atoms with Crippen LogP contribution >= 0.6 is 0 Å². The Morgan fingerprint density at radius 2 is 2.05 bits per heavy atom. The monoisotopic (exact) mass is 544 g/mol. The molecule has 0 spiro atoms. The second kappa shape index (κ2) is 12.4. The Morgan fingerprint density at radius 1 is 1.15 bits per heavy atom. The average molecular weight is 545 g/mol. The fraction of sp³-hybridized carbons (Fsp3) is 0.516. The van der Waals surface area contributed by atoms with Crippen molar-refractivity contribution in [2.45, 2.75) is 44.4 Å². The van der Waals surface area contributed by atoms with Crippen LogP contribution in [0, 0.1) is 5.92 Å². The molecule has 40 heavy (non-hydrogen) atoms. The number of fused-ring (bicyclic) bond motifs is 1. The number of hydrogen-bond donors (Lipinski definition) is 3. The molecule has 2 atom stereocenters. The van der Waals surface area contributed by atoms with Gasteiger partial charge in [-0.05, 0) is 86.0 Å². The van der Waals surface area contributed by atoms with E-state index in [2.05, 4.69) is 55.6 Å². The summed E-state index contributed by atoms with van der Waals surface area (Å²) in [6, 6.07) is 12.9. The maximum absolute atomic E-state index is 12.0. The Balaban J connectivity index is 1.14. The minimum absolute atomic E-state index is 0.0905. The standard InChI is InChI=1S/C31H40N6O3/c38-30(39)19-26(24-16-25(29-7-10-33-35-29)18-28(17-24)37-12-14-40-15-13-37)21-36-11-8-22(20-36)3-5-27-6-4-23-2-1-9-32-31(23)34-27/h4,6-7,10,16-18,22,26H,1-3,5,8-9,11-15,19-21H2,(H,32,34)(H,33,35)(H,38,39). The first-order valence-corrected chi connectivity index (χ1v) is 14.7. The summed E-state index contributed by atoms with van der Waals surface area (Å²) in [6.45, 7) is 6.85. The SMILES string of the molecule is O=C(O)CC(CN1CCC(CCc2ccc3c(n2)NCCC3)C1)c1cc(-c2ccn[nH]2)cc(N2CCOCC2)c1. The molecule has 5 heterocycles. The van der Waals surface area contributed by atoms with Crippen LogP contribution in [0.1, 0.15) is 48.4 Å². The van der Waals surface area contributed by atoms with Gasteiger partial charge in [-0.3, -0.25) is 9.89 Å². The second-order valence-electron chi connectivity index (χ2n) is 11.5. The minimum Gasteiger partial charge on any atom is -0.481 e. The number of aryl methyl sites for hydroxylation is 2. The van der Waals surface area contributed by atoms with Gasteiger partial charge in [-0.15, -0.1) is 0 Å². The van der Waals surface area contributed by atoms with Crippen molar-refractivity contribution >= 4 is 17.5 Å². The van der Waals surface area contributed by atoms with Crippen LogP contribution in [0.4, 0.5) is 11.5 Å². The molecular formula is C31H40N6O3. The van der Waals surface area contributed by atoms with E-state index >= 15 is 0 Å². The van der Waals surface area contributed by atoms with Crippen LogP contribution < -0.4 is 10.2 Å². The zero-order valence-electron chi connectivity index (χ0n) is 23.1. The van der Waals surface area contributed by atoms with Gasteiger partial charge >= 0.3 is 5.97 Å². The Hall–Kier alpha value is -3.43. The number of hydrogen-bond acceptors (Lipinski definition) is 7. The summed E-state index contributed by atoms with van der Waals surface area (Å²) in [5.74, 6) is 0.832. The van der Waals surface area contributed by atoms with E-state index < -0.39 is 5.97 Å². The van der Waals surface area contributed by atoms with Gasteiger partial charge in [-0.25, -0.2) is 4.98 Å². The fourth-order valence-electron chi connectivity index (χ4n) is 6.43. The van der Waals surface area contributed by atoms with E-state index in [9.17, 15) is 9.90 Å². The van der Waals surface area contributed by atoms with Gasteiger partial charge in [0.1, 0.15) is 5.82 Å². The zero-order chi connectivity index (χ0) is 27.3. The lowest BCUT2D eigenvalue weighted by molar-refractivity contribution is -0.137. The first-order chi connectivity index (χ1) is 19.6. The van der Waals surface area contributed by atoms with Crippen LogP contribution in [0.15, 0.2) is 42.6 Å². The first-order valence-electron chi connectivity index (χ1n) is 14.7. The molecule has 212 valence electrons. The molecule has 2 unspecified atom stereocenters. The van der Waals surface area contributed by atoms with Gasteiger partial charge in [0, 0.05) is 61.8 Å². The lowest BCUT2D eigenvalue weighted by Gasteiger charge is -2.31. The highest BCUT2D eigenvalue weighted by atomic mass is 16.5. The predicted octanol–water partition coefficient (Wildman–Crippen LogP) is 4.18. The minimum atomic E-state index is -0.757. The van der Waals surface area contributed by atoms with Gasteiger partial charge in [0.2, 0.25) is 0 Å². The van der Waals surface area contributed by atoms with Crippen LogP contribution in [0.5, 0.6) is 0 Å². The highest BCUT2D eigenvalue weighted by molar-refractivity contribution is 5.71. The number of aromatic amines is 1. The number of carboxylic acids is 1. The molecule has 6 rings (SSSR count). The van der Waals surface area contributed by atoms with Crippen molar-refractivity contribution in [2.75, 3.05) is 62.7 Å². The normalized spacial score (nSPS) is 20.2. The molecule has 9 nitrogen and oxygen atoms in total. The number of rotatable bonds is 10. The number of nitrogens with one attached hydrogen (secondary N) is 2. The van der Waals surface area contributed by atoms with E-state index in [4.69, 9.17) is 9.72 Å². The number of aromatic nitrogens is 3. The molecule has 9 heteroatoms. The largest absolute Gasteiger partial charge is 0.481 e. The van der Waals surface area contributed by atoms with Crippen LogP contribution in [0.3, 0.4) is 0 Å². The summed E-state index contributed by atoms with van der Waals surface area (Å²) in [7, 11) is 0. The molecule has 0 saturated carbocycles. The lowest BCUT2D eigenvalue weighted by Crippen LogP contribution is -2.36. The summed E-state index contributed by atoms with van der Waals surface area (Å²) in [5.41, 5.74) is 6.68. The summed E-state index contributed by atoms with van der Waals surface area (Å²) < 4.78 is 5.58. The topological polar surface area (TPSA) is 107 Å². The van der Waals surface area contributed by atoms with Gasteiger partial charge < -0.3 is 25.0 Å². The molecule has 0 amide bonds. The van der Waals surface area contributed by atoms with E-state index in [-0.39, 0.29) is 12.3 Å². The van der Waals surface area contributed by atoms with Crippen LogP contribution in [-0.2, 0) is 22.4 Å². The van der Waals surface area contributed by atoms with Crippen molar-refractivity contribution < 1.29 is 14.6 Å². The average Bonchev–Trinajstić information content (AvgIpc) is 3.69. The maximum Gasteiger partial charge on any atom is 0.304 e. The highest BCUT2D eigenvalue weighted by Crippen LogP contribution is 2.33. The number of benzene rings is 1. The van der Waals surface area contributed by atoms with Gasteiger partial charge in [0.05, 0.1) is 25.3 Å². The number of likely N-dealkylation sites (tertiary alicyclic amines) is 1. The first kappa shape index (κ1) is 26.8. The van der Waals surface area contributed by atoms with Gasteiger partial charge in [-0.1, -0.05) is 6.07 Å². The summed E-state index contributed by atoms with van der Waals surface area (Å²) in [5, 5.41) is 20.5. The molecule has 3 aromatic rings. The Labute approximate surface area is 235 Å². The van der Waals surface area contributed by atoms with Gasteiger partial charge in [-0.2, -0.15) is 5.10 Å². The number of pyridine rings is 1. The number of carboxylic acid groups (broad SMARTS) is 1. The smallest absolute Gasteiger partial charge is 0.304 e. The van der Waals surface area contributed by atoms with Crippen molar-refractivity contribution in [1.82, 2.24) is 20.1 Å². The Bertz CT molecular complexity index is 1290.